The van der Waals surface area contributed by atoms with Crippen LogP contribution in [0.1, 0.15) is 18.4 Å². The maximum absolute atomic E-state index is 8.96. The number of hydrogen-bond donors (Lipinski definition) is 2. The van der Waals surface area contributed by atoms with Gasteiger partial charge in [0.15, 0.2) is 5.82 Å². The first kappa shape index (κ1) is 12.1. The molecule has 1 aliphatic heterocycles. The van der Waals surface area contributed by atoms with Crippen molar-refractivity contribution in [2.24, 2.45) is 5.92 Å². The van der Waals surface area contributed by atoms with Crippen LogP contribution in [0, 0.1) is 17.2 Å². The van der Waals surface area contributed by atoms with Gasteiger partial charge in [-0.15, -0.1) is 0 Å². The monoisotopic (exact) mass is 251 g/mol. The predicted molar refractivity (Wildman–Crippen MR) is 70.0 cm³/mol. The topological polar surface area (TPSA) is 78.0 Å². The molecule has 5 nitrogen and oxygen atoms in total. The van der Waals surface area contributed by atoms with Crippen LogP contribution in [-0.2, 0) is 0 Å². The van der Waals surface area contributed by atoms with Gasteiger partial charge in [-0.3, -0.25) is 0 Å². The lowest BCUT2D eigenvalue weighted by Crippen LogP contribution is -2.35. The molecular weight excluding hydrogens is 234 g/mol. The van der Waals surface area contributed by atoms with Gasteiger partial charge in [-0.1, -0.05) is 0 Å². The highest BCUT2D eigenvalue weighted by atomic mass is 32.1. The molecule has 0 bridgehead atoms. The Hall–Kier alpha value is -1.32. The number of likely N-dealkylation sites (tertiary alicyclic amines) is 1. The maximum atomic E-state index is 8.96. The predicted octanol–water partition coefficient (Wildman–Crippen LogP) is 1.35. The van der Waals surface area contributed by atoms with E-state index in [1.807, 2.05) is 0 Å². The molecule has 1 unspecified atom stereocenters. The maximum Gasteiger partial charge on any atom is 0.157 e. The van der Waals surface area contributed by atoms with Crippen molar-refractivity contribution in [1.29, 1.82) is 5.26 Å². The van der Waals surface area contributed by atoms with Gasteiger partial charge < -0.3 is 16.0 Å². The highest BCUT2D eigenvalue weighted by Gasteiger charge is 2.18. The van der Waals surface area contributed by atoms with E-state index in [4.69, 9.17) is 11.0 Å². The van der Waals surface area contributed by atoms with Crippen LogP contribution >= 0.6 is 11.5 Å². The fraction of sp³-hybridized carbons (Fsp3) is 0.636. The van der Waals surface area contributed by atoms with Crippen LogP contribution in [0.15, 0.2) is 0 Å². The van der Waals surface area contributed by atoms with Gasteiger partial charge >= 0.3 is 0 Å². The van der Waals surface area contributed by atoms with Crippen LogP contribution in [0.4, 0.5) is 10.8 Å². The van der Waals surface area contributed by atoms with Gasteiger partial charge in [0.25, 0.3) is 0 Å². The SMILES string of the molecule is CN1CCCC(CNc2snc(N)c2C#N)C1. The van der Waals surface area contributed by atoms with Crippen LogP contribution in [0.3, 0.4) is 0 Å². The summed E-state index contributed by atoms with van der Waals surface area (Å²) >= 11 is 1.27. The fourth-order valence-electron chi connectivity index (χ4n) is 2.21. The zero-order chi connectivity index (χ0) is 12.3. The molecule has 0 radical (unpaired) electrons. The second-order valence-electron chi connectivity index (χ2n) is 4.54. The van der Waals surface area contributed by atoms with Crippen molar-refractivity contribution < 1.29 is 0 Å². The number of piperidine rings is 1. The minimum atomic E-state index is 0.334. The number of nitrogen functional groups attached to an aromatic ring is 1. The van der Waals surface area contributed by atoms with Crippen LogP contribution in [0.2, 0.25) is 0 Å². The summed E-state index contributed by atoms with van der Waals surface area (Å²) in [7, 11) is 2.15. The van der Waals surface area contributed by atoms with Crippen molar-refractivity contribution in [3.05, 3.63) is 5.56 Å². The minimum Gasteiger partial charge on any atom is -0.382 e. The second-order valence-corrected chi connectivity index (χ2v) is 5.31. The normalized spacial score (nSPS) is 21.1. The van der Waals surface area contributed by atoms with E-state index in [9.17, 15) is 0 Å². The Balaban J connectivity index is 1.91. The lowest BCUT2D eigenvalue weighted by molar-refractivity contribution is 0.217. The summed E-state index contributed by atoms with van der Waals surface area (Å²) in [6.07, 6.45) is 2.49. The quantitative estimate of drug-likeness (QED) is 0.848. The van der Waals surface area contributed by atoms with Gasteiger partial charge in [-0.25, -0.2) is 0 Å². The summed E-state index contributed by atoms with van der Waals surface area (Å²) < 4.78 is 3.99. The standard InChI is InChI=1S/C11H17N5S/c1-16-4-2-3-8(7-16)6-14-11-9(5-12)10(13)15-17-11/h8,14H,2-4,6-7H2,1H3,(H2,13,15). The Morgan fingerprint density at radius 1 is 1.71 bits per heavy atom. The highest BCUT2D eigenvalue weighted by Crippen LogP contribution is 2.26. The second kappa shape index (κ2) is 5.34. The van der Waals surface area contributed by atoms with Crippen molar-refractivity contribution in [3.8, 4) is 6.07 Å². The van der Waals surface area contributed by atoms with E-state index < -0.39 is 0 Å². The van der Waals surface area contributed by atoms with Crippen molar-refractivity contribution >= 4 is 22.4 Å². The lowest BCUT2D eigenvalue weighted by atomic mass is 9.98. The summed E-state index contributed by atoms with van der Waals surface area (Å²) in [6, 6.07) is 2.09. The van der Waals surface area contributed by atoms with Gasteiger partial charge in [-0.05, 0) is 43.9 Å². The first-order valence-corrected chi connectivity index (χ1v) is 6.55. The summed E-state index contributed by atoms with van der Waals surface area (Å²) in [5, 5.41) is 13.1. The Labute approximate surface area is 105 Å². The number of aromatic nitrogens is 1. The van der Waals surface area contributed by atoms with Crippen LogP contribution in [0.5, 0.6) is 0 Å². The van der Waals surface area contributed by atoms with E-state index in [2.05, 4.69) is 27.7 Å². The lowest BCUT2D eigenvalue weighted by Gasteiger charge is -2.29. The van der Waals surface area contributed by atoms with Crippen LogP contribution < -0.4 is 11.1 Å². The number of anilines is 2. The molecule has 2 heterocycles. The molecule has 0 saturated carbocycles. The molecule has 1 fully saturated rings. The Morgan fingerprint density at radius 3 is 3.24 bits per heavy atom. The minimum absolute atomic E-state index is 0.334. The zero-order valence-corrected chi connectivity index (χ0v) is 10.8. The molecule has 6 heteroatoms. The number of nitrogens with two attached hydrogens (primary N) is 1. The molecule has 0 spiro atoms. The molecule has 17 heavy (non-hydrogen) atoms. The Bertz CT molecular complexity index is 422. The van der Waals surface area contributed by atoms with Gasteiger partial charge in [0.2, 0.25) is 0 Å². The summed E-state index contributed by atoms with van der Waals surface area (Å²) in [6.45, 7) is 3.19. The first-order valence-electron chi connectivity index (χ1n) is 5.78. The molecule has 3 N–H and O–H groups in total. The molecule has 1 saturated heterocycles. The number of nitrogens with one attached hydrogen (secondary N) is 1. The molecular formula is C11H17N5S. The summed E-state index contributed by atoms with van der Waals surface area (Å²) in [5.41, 5.74) is 6.10. The van der Waals surface area contributed by atoms with E-state index in [0.717, 1.165) is 18.1 Å². The van der Waals surface area contributed by atoms with E-state index in [1.54, 1.807) is 0 Å². The molecule has 1 aromatic heterocycles. The highest BCUT2D eigenvalue weighted by molar-refractivity contribution is 7.10. The molecule has 1 atom stereocenters. The molecule has 2 rings (SSSR count). The summed E-state index contributed by atoms with van der Waals surface area (Å²) in [4.78, 5) is 2.35. The van der Waals surface area contributed by atoms with Crippen LogP contribution in [-0.4, -0.2) is 36.0 Å². The van der Waals surface area contributed by atoms with Gasteiger partial charge in [0.05, 0.1) is 0 Å². The number of hydrogen-bond acceptors (Lipinski definition) is 6. The van der Waals surface area contributed by atoms with Crippen molar-refractivity contribution in [3.63, 3.8) is 0 Å². The van der Waals surface area contributed by atoms with Gasteiger partial charge in [-0.2, -0.15) is 9.64 Å². The first-order chi connectivity index (χ1) is 8.20. The van der Waals surface area contributed by atoms with Crippen molar-refractivity contribution in [1.82, 2.24) is 9.27 Å². The molecule has 0 amide bonds. The largest absolute Gasteiger partial charge is 0.382 e. The third-order valence-corrected chi connectivity index (χ3v) is 3.92. The zero-order valence-electron chi connectivity index (χ0n) is 9.94. The molecule has 0 aromatic carbocycles. The van der Waals surface area contributed by atoms with Gasteiger partial charge in [0, 0.05) is 13.1 Å². The average molecular weight is 251 g/mol. The number of rotatable bonds is 3. The number of nitriles is 1. The van der Waals surface area contributed by atoms with E-state index in [0.29, 0.717) is 17.3 Å². The van der Waals surface area contributed by atoms with E-state index >= 15 is 0 Å². The number of nitrogens with zero attached hydrogens (tertiary/aromatic N) is 3. The third kappa shape index (κ3) is 2.87. The molecule has 92 valence electrons. The average Bonchev–Trinajstić information content (AvgIpc) is 2.67. The van der Waals surface area contributed by atoms with E-state index in [-0.39, 0.29) is 0 Å². The van der Waals surface area contributed by atoms with Crippen molar-refractivity contribution in [2.45, 2.75) is 12.8 Å². The molecule has 1 aromatic rings. The van der Waals surface area contributed by atoms with Crippen molar-refractivity contribution in [2.75, 3.05) is 37.7 Å². The molecule has 1 aliphatic rings. The van der Waals surface area contributed by atoms with Gasteiger partial charge in [0.1, 0.15) is 16.6 Å². The Morgan fingerprint density at radius 2 is 2.53 bits per heavy atom. The molecule has 0 aliphatic carbocycles. The summed E-state index contributed by atoms with van der Waals surface area (Å²) in [5.74, 6) is 0.976. The van der Waals surface area contributed by atoms with E-state index in [1.165, 1.54) is 30.9 Å². The Kier molecular flexibility index (Phi) is 3.82. The van der Waals surface area contributed by atoms with Crippen LogP contribution in [0.25, 0.3) is 0 Å². The fourth-order valence-corrected chi connectivity index (χ4v) is 2.88. The third-order valence-electron chi connectivity index (χ3n) is 3.10. The smallest absolute Gasteiger partial charge is 0.157 e.